The number of carbonyl (C=O) groups is 1. The van der Waals surface area contributed by atoms with E-state index in [9.17, 15) is 14.9 Å². The van der Waals surface area contributed by atoms with E-state index in [-0.39, 0.29) is 18.0 Å². The van der Waals surface area contributed by atoms with E-state index < -0.39 is 4.92 Å². The smallest absolute Gasteiger partial charge is 0.273 e. The fraction of sp³-hybridized carbons (Fsp3) is 0.150. The minimum atomic E-state index is -0.462. The maximum atomic E-state index is 12.9. The van der Waals surface area contributed by atoms with Crippen LogP contribution in [0.25, 0.3) is 0 Å². The quantitative estimate of drug-likeness (QED) is 0.477. The normalized spacial score (nSPS) is 10.5. The Bertz CT molecular complexity index is 876. The number of amides is 1. The summed E-state index contributed by atoms with van der Waals surface area (Å²) in [5, 5.41) is 11.2. The molecule has 2 aromatic carbocycles. The molecule has 6 nitrogen and oxygen atoms in total. The van der Waals surface area contributed by atoms with E-state index >= 15 is 0 Å². The van der Waals surface area contributed by atoms with Crippen molar-refractivity contribution in [1.29, 1.82) is 0 Å². The van der Waals surface area contributed by atoms with Gasteiger partial charge in [0.2, 0.25) is 5.91 Å². The zero-order valence-electron chi connectivity index (χ0n) is 14.1. The van der Waals surface area contributed by atoms with E-state index in [4.69, 9.17) is 4.42 Å². The van der Waals surface area contributed by atoms with Crippen LogP contribution in [0, 0.1) is 10.1 Å². The Morgan fingerprint density at radius 1 is 0.962 bits per heavy atom. The lowest BCUT2D eigenvalue weighted by atomic mass is 10.1. The zero-order valence-corrected chi connectivity index (χ0v) is 14.1. The van der Waals surface area contributed by atoms with Crippen molar-refractivity contribution in [2.45, 2.75) is 19.5 Å². The number of nitrogens with zero attached hydrogens (tertiary/aromatic N) is 2. The molecule has 132 valence electrons. The molecule has 0 N–H and O–H groups in total. The molecule has 0 aliphatic carbocycles. The van der Waals surface area contributed by atoms with E-state index in [0.717, 1.165) is 5.56 Å². The molecule has 0 spiro atoms. The topological polar surface area (TPSA) is 76.6 Å². The number of nitro groups is 1. The molecular weight excluding hydrogens is 332 g/mol. The third kappa shape index (κ3) is 4.36. The van der Waals surface area contributed by atoms with E-state index in [1.165, 1.54) is 6.07 Å². The van der Waals surface area contributed by atoms with Crippen molar-refractivity contribution in [3.8, 4) is 0 Å². The van der Waals surface area contributed by atoms with Gasteiger partial charge >= 0.3 is 0 Å². The number of para-hydroxylation sites is 1. The Labute approximate surface area is 150 Å². The molecule has 0 fully saturated rings. The lowest BCUT2D eigenvalue weighted by Crippen LogP contribution is -2.31. The van der Waals surface area contributed by atoms with Crippen molar-refractivity contribution in [2.24, 2.45) is 0 Å². The van der Waals surface area contributed by atoms with Crippen molar-refractivity contribution >= 4 is 11.6 Å². The van der Waals surface area contributed by atoms with Gasteiger partial charge < -0.3 is 9.32 Å². The summed E-state index contributed by atoms with van der Waals surface area (Å²) in [7, 11) is 0. The molecule has 1 amide bonds. The third-order valence-corrected chi connectivity index (χ3v) is 4.03. The Balaban J connectivity index is 1.81. The number of nitro benzene ring substituents is 1. The summed E-state index contributed by atoms with van der Waals surface area (Å²) in [5.41, 5.74) is 1.34. The monoisotopic (exact) mass is 350 g/mol. The van der Waals surface area contributed by atoms with Gasteiger partial charge in [-0.1, -0.05) is 48.5 Å². The Morgan fingerprint density at radius 3 is 2.38 bits per heavy atom. The van der Waals surface area contributed by atoms with Crippen LogP contribution in [0.1, 0.15) is 16.9 Å². The fourth-order valence-corrected chi connectivity index (χ4v) is 2.74. The highest BCUT2D eigenvalue weighted by molar-refractivity contribution is 5.80. The molecule has 0 saturated heterocycles. The minimum absolute atomic E-state index is 0.0370. The lowest BCUT2D eigenvalue weighted by molar-refractivity contribution is -0.385. The summed E-state index contributed by atoms with van der Waals surface area (Å²) in [6.45, 7) is 0.711. The van der Waals surface area contributed by atoms with Crippen LogP contribution in [0.15, 0.2) is 77.4 Å². The van der Waals surface area contributed by atoms with Gasteiger partial charge in [0.15, 0.2) is 0 Å². The molecule has 0 saturated carbocycles. The SMILES string of the molecule is O=C(Cc1ccccc1[N+](=O)[O-])N(Cc1ccccc1)Cc1ccco1. The van der Waals surface area contributed by atoms with Crippen LogP contribution in [-0.4, -0.2) is 15.7 Å². The second-order valence-corrected chi connectivity index (χ2v) is 5.88. The van der Waals surface area contributed by atoms with Gasteiger partial charge in [-0.3, -0.25) is 14.9 Å². The van der Waals surface area contributed by atoms with Gasteiger partial charge in [0, 0.05) is 18.2 Å². The molecule has 1 aromatic heterocycles. The van der Waals surface area contributed by atoms with Crippen molar-refractivity contribution < 1.29 is 14.1 Å². The molecule has 0 radical (unpaired) electrons. The largest absolute Gasteiger partial charge is 0.467 e. The van der Waals surface area contributed by atoms with Gasteiger partial charge in [0.1, 0.15) is 5.76 Å². The van der Waals surface area contributed by atoms with Crippen molar-refractivity contribution in [1.82, 2.24) is 4.90 Å². The molecule has 0 aliphatic heterocycles. The molecule has 0 atom stereocenters. The van der Waals surface area contributed by atoms with Gasteiger partial charge in [-0.2, -0.15) is 0 Å². The summed E-state index contributed by atoms with van der Waals surface area (Å²) in [6.07, 6.45) is 1.52. The van der Waals surface area contributed by atoms with E-state index in [2.05, 4.69) is 0 Å². The first-order chi connectivity index (χ1) is 12.6. The summed E-state index contributed by atoms with van der Waals surface area (Å²) < 4.78 is 5.36. The maximum Gasteiger partial charge on any atom is 0.273 e. The van der Waals surface area contributed by atoms with Gasteiger partial charge in [-0.15, -0.1) is 0 Å². The van der Waals surface area contributed by atoms with Crippen LogP contribution in [0.4, 0.5) is 5.69 Å². The van der Waals surface area contributed by atoms with Gasteiger partial charge in [-0.25, -0.2) is 0 Å². The molecule has 1 heterocycles. The zero-order chi connectivity index (χ0) is 18.4. The van der Waals surface area contributed by atoms with E-state index in [1.807, 2.05) is 30.3 Å². The first kappa shape index (κ1) is 17.4. The third-order valence-electron chi connectivity index (χ3n) is 4.03. The average Bonchev–Trinajstić information content (AvgIpc) is 3.15. The first-order valence-electron chi connectivity index (χ1n) is 8.20. The van der Waals surface area contributed by atoms with E-state index in [1.54, 1.807) is 41.5 Å². The Morgan fingerprint density at radius 2 is 1.69 bits per heavy atom. The van der Waals surface area contributed by atoms with Crippen LogP contribution in [-0.2, 0) is 24.3 Å². The Hall–Kier alpha value is -3.41. The summed E-state index contributed by atoms with van der Waals surface area (Å²) >= 11 is 0. The molecule has 0 bridgehead atoms. The summed E-state index contributed by atoms with van der Waals surface area (Å²) in [4.78, 5) is 25.2. The highest BCUT2D eigenvalue weighted by atomic mass is 16.6. The van der Waals surface area contributed by atoms with Crippen molar-refractivity contribution in [3.63, 3.8) is 0 Å². The van der Waals surface area contributed by atoms with Gasteiger partial charge in [0.05, 0.1) is 24.2 Å². The number of benzene rings is 2. The summed E-state index contributed by atoms with van der Waals surface area (Å²) in [5.74, 6) is 0.469. The van der Waals surface area contributed by atoms with Crippen LogP contribution in [0.2, 0.25) is 0 Å². The highest BCUT2D eigenvalue weighted by Crippen LogP contribution is 2.20. The maximum absolute atomic E-state index is 12.9. The standard InChI is InChI=1S/C20H18N2O4/c23-20(13-17-9-4-5-11-19(17)22(24)25)21(15-18-10-6-12-26-18)14-16-7-2-1-3-8-16/h1-12H,13-15H2. The fourth-order valence-electron chi connectivity index (χ4n) is 2.74. The van der Waals surface area contributed by atoms with Crippen LogP contribution in [0.3, 0.4) is 0 Å². The molecule has 0 unspecified atom stereocenters. The number of rotatable bonds is 7. The highest BCUT2D eigenvalue weighted by Gasteiger charge is 2.21. The number of furan rings is 1. The predicted molar refractivity (Wildman–Crippen MR) is 96.2 cm³/mol. The predicted octanol–water partition coefficient (Wildman–Crippen LogP) is 3.96. The Kier molecular flexibility index (Phi) is 5.43. The molecule has 26 heavy (non-hydrogen) atoms. The minimum Gasteiger partial charge on any atom is -0.467 e. The molecule has 3 rings (SSSR count). The molecule has 3 aromatic rings. The van der Waals surface area contributed by atoms with Gasteiger partial charge in [-0.05, 0) is 17.7 Å². The first-order valence-corrected chi connectivity index (χ1v) is 8.20. The average molecular weight is 350 g/mol. The lowest BCUT2D eigenvalue weighted by Gasteiger charge is -2.22. The second-order valence-electron chi connectivity index (χ2n) is 5.88. The van der Waals surface area contributed by atoms with Crippen LogP contribution >= 0.6 is 0 Å². The number of hydrogen-bond donors (Lipinski definition) is 0. The van der Waals surface area contributed by atoms with Crippen molar-refractivity contribution in [2.75, 3.05) is 0 Å². The summed E-state index contributed by atoms with van der Waals surface area (Å²) in [6, 6.07) is 19.5. The molecule has 6 heteroatoms. The van der Waals surface area contributed by atoms with Crippen LogP contribution in [0.5, 0.6) is 0 Å². The van der Waals surface area contributed by atoms with Crippen LogP contribution < -0.4 is 0 Å². The van der Waals surface area contributed by atoms with Gasteiger partial charge in [0.25, 0.3) is 5.69 Å². The molecular formula is C20H18N2O4. The number of carbonyl (C=O) groups excluding carboxylic acids is 1. The second kappa shape index (κ2) is 8.11. The molecule has 0 aliphatic rings. The number of hydrogen-bond acceptors (Lipinski definition) is 4. The van der Waals surface area contributed by atoms with Crippen molar-refractivity contribution in [3.05, 3.63) is 100.0 Å². The van der Waals surface area contributed by atoms with E-state index in [0.29, 0.717) is 24.4 Å².